The highest BCUT2D eigenvalue weighted by atomic mass is 19.1. The fourth-order valence-electron chi connectivity index (χ4n) is 3.69. The van der Waals surface area contributed by atoms with Crippen LogP contribution >= 0.6 is 0 Å². The summed E-state index contributed by atoms with van der Waals surface area (Å²) in [7, 11) is 0. The minimum absolute atomic E-state index is 0.161. The first-order valence-electron chi connectivity index (χ1n) is 8.98. The second-order valence-corrected chi connectivity index (χ2v) is 6.95. The van der Waals surface area contributed by atoms with Crippen molar-refractivity contribution in [1.82, 2.24) is 24.5 Å². The van der Waals surface area contributed by atoms with Crippen molar-refractivity contribution >= 4 is 22.2 Å². The molecule has 0 aliphatic carbocycles. The van der Waals surface area contributed by atoms with E-state index in [2.05, 4.69) is 19.9 Å². The minimum atomic E-state index is -0.341. The molecule has 138 valence electrons. The van der Waals surface area contributed by atoms with Gasteiger partial charge in [-0.1, -0.05) is 0 Å². The zero-order valence-electron chi connectivity index (χ0n) is 14.5. The number of fused-ring (bicyclic) bond motifs is 2. The number of imidazole rings is 1. The van der Waals surface area contributed by atoms with E-state index in [1.807, 2.05) is 6.07 Å². The summed E-state index contributed by atoms with van der Waals surface area (Å²) in [6.45, 7) is 2.11. The number of aromatic nitrogens is 5. The van der Waals surface area contributed by atoms with Crippen molar-refractivity contribution in [3.8, 4) is 11.1 Å². The van der Waals surface area contributed by atoms with Gasteiger partial charge in [0.15, 0.2) is 5.65 Å². The Hall–Kier alpha value is -3.00. The van der Waals surface area contributed by atoms with Crippen LogP contribution in [0.2, 0.25) is 0 Å². The molecule has 4 aromatic heterocycles. The van der Waals surface area contributed by atoms with Crippen molar-refractivity contribution in [3.63, 3.8) is 0 Å². The summed E-state index contributed by atoms with van der Waals surface area (Å²) in [5, 5.41) is 0.432. The van der Waals surface area contributed by atoms with E-state index in [0.717, 1.165) is 42.7 Å². The maximum atomic E-state index is 13.9. The average Bonchev–Trinajstić information content (AvgIpc) is 3.22. The molecule has 4 aromatic rings. The van der Waals surface area contributed by atoms with Crippen molar-refractivity contribution in [3.05, 3.63) is 47.0 Å². The number of nitrogens with zero attached hydrogens (tertiary/aromatic N) is 3. The molecule has 1 aliphatic rings. The van der Waals surface area contributed by atoms with E-state index in [1.165, 1.54) is 6.20 Å². The number of hydrogen-bond acceptors (Lipinski definition) is 4. The van der Waals surface area contributed by atoms with Crippen LogP contribution < -0.4 is 5.69 Å². The van der Waals surface area contributed by atoms with Gasteiger partial charge in [0.05, 0.1) is 10.9 Å². The maximum absolute atomic E-state index is 13.9. The fraction of sp³-hybridized carbons (Fsp3) is 0.316. The largest absolute Gasteiger partial charge is 0.381 e. The van der Waals surface area contributed by atoms with Crippen LogP contribution in [0.3, 0.4) is 0 Å². The van der Waals surface area contributed by atoms with Gasteiger partial charge in [0.25, 0.3) is 0 Å². The lowest BCUT2D eigenvalue weighted by Gasteiger charge is -2.22. The molecular weight excluding hydrogens is 349 g/mol. The molecule has 0 saturated carbocycles. The Balaban J connectivity index is 1.58. The first-order valence-corrected chi connectivity index (χ1v) is 8.98. The zero-order valence-corrected chi connectivity index (χ0v) is 14.5. The molecule has 1 aliphatic heterocycles. The molecule has 2 N–H and O–H groups in total. The molecule has 1 fully saturated rings. The predicted molar refractivity (Wildman–Crippen MR) is 98.9 cm³/mol. The molecule has 27 heavy (non-hydrogen) atoms. The lowest BCUT2D eigenvalue weighted by Crippen LogP contribution is -2.25. The van der Waals surface area contributed by atoms with E-state index in [1.54, 1.807) is 23.0 Å². The van der Waals surface area contributed by atoms with E-state index < -0.39 is 0 Å². The quantitative estimate of drug-likeness (QED) is 0.583. The number of halogens is 1. The van der Waals surface area contributed by atoms with Crippen LogP contribution in [0.25, 0.3) is 33.3 Å². The number of hydrogen-bond donors (Lipinski definition) is 2. The van der Waals surface area contributed by atoms with E-state index in [4.69, 9.17) is 4.74 Å². The number of ether oxygens (including phenoxy) is 1. The Kier molecular flexibility index (Phi) is 3.78. The lowest BCUT2D eigenvalue weighted by molar-refractivity contribution is 0.0613. The molecule has 1 saturated heterocycles. The second-order valence-electron chi connectivity index (χ2n) is 6.95. The summed E-state index contributed by atoms with van der Waals surface area (Å²) in [6, 6.07) is 3.65. The standard InChI is InChI=1S/C19H18FN5O2/c20-15-9-23-17-14(15)5-12(7-21-17)13-6-16-18(22-8-13)24-19(26)25(16)10-11-1-3-27-4-2-11/h5-9,11H,1-4,10H2,(H,21,23)(H,22,24,26). The summed E-state index contributed by atoms with van der Waals surface area (Å²) in [5.74, 6) is 0.0672. The summed E-state index contributed by atoms with van der Waals surface area (Å²) >= 11 is 0. The SMILES string of the molecule is O=c1[nH]c2ncc(-c3cnc4[nH]cc(F)c4c3)cc2n1CC1CCOCC1. The van der Waals surface area contributed by atoms with Crippen LogP contribution in [-0.4, -0.2) is 37.7 Å². The third-order valence-electron chi connectivity index (χ3n) is 5.22. The van der Waals surface area contributed by atoms with Crippen molar-refractivity contribution < 1.29 is 9.13 Å². The Morgan fingerprint density at radius 1 is 1.15 bits per heavy atom. The third kappa shape index (κ3) is 2.82. The smallest absolute Gasteiger partial charge is 0.327 e. The van der Waals surface area contributed by atoms with Gasteiger partial charge in [-0.25, -0.2) is 19.2 Å². The number of rotatable bonds is 3. The molecule has 0 aromatic carbocycles. The van der Waals surface area contributed by atoms with Gasteiger partial charge in [0, 0.05) is 49.5 Å². The van der Waals surface area contributed by atoms with Crippen LogP contribution in [-0.2, 0) is 11.3 Å². The highest BCUT2D eigenvalue weighted by molar-refractivity contribution is 5.84. The van der Waals surface area contributed by atoms with E-state index in [9.17, 15) is 9.18 Å². The van der Waals surface area contributed by atoms with E-state index in [0.29, 0.717) is 29.1 Å². The lowest BCUT2D eigenvalue weighted by atomic mass is 10.0. The molecule has 0 radical (unpaired) electrons. The van der Waals surface area contributed by atoms with Gasteiger partial charge in [-0.05, 0) is 30.9 Å². The zero-order chi connectivity index (χ0) is 18.4. The van der Waals surface area contributed by atoms with Crippen LogP contribution in [0.5, 0.6) is 0 Å². The van der Waals surface area contributed by atoms with Crippen LogP contribution in [0, 0.1) is 11.7 Å². The molecular formula is C19H18FN5O2. The van der Waals surface area contributed by atoms with E-state index >= 15 is 0 Å². The fourth-order valence-corrected chi connectivity index (χ4v) is 3.69. The highest BCUT2D eigenvalue weighted by Gasteiger charge is 2.18. The number of H-pyrrole nitrogens is 2. The van der Waals surface area contributed by atoms with Gasteiger partial charge in [-0.15, -0.1) is 0 Å². The van der Waals surface area contributed by atoms with Crippen molar-refractivity contribution in [2.75, 3.05) is 13.2 Å². The molecule has 0 bridgehead atoms. The van der Waals surface area contributed by atoms with Crippen molar-refractivity contribution in [2.45, 2.75) is 19.4 Å². The van der Waals surface area contributed by atoms with Crippen molar-refractivity contribution in [1.29, 1.82) is 0 Å². The molecule has 5 heterocycles. The van der Waals surface area contributed by atoms with Crippen LogP contribution in [0.15, 0.2) is 35.5 Å². The molecule has 5 rings (SSSR count). The van der Waals surface area contributed by atoms with Gasteiger partial charge >= 0.3 is 5.69 Å². The Bertz CT molecular complexity index is 1190. The number of pyridine rings is 2. The third-order valence-corrected chi connectivity index (χ3v) is 5.22. The summed E-state index contributed by atoms with van der Waals surface area (Å²) < 4.78 is 21.0. The predicted octanol–water partition coefficient (Wildman–Crippen LogP) is 2.83. The average molecular weight is 367 g/mol. The van der Waals surface area contributed by atoms with Gasteiger partial charge in [0.2, 0.25) is 0 Å². The topological polar surface area (TPSA) is 88.6 Å². The van der Waals surface area contributed by atoms with Crippen LogP contribution in [0.4, 0.5) is 4.39 Å². The molecule has 7 nitrogen and oxygen atoms in total. The Morgan fingerprint density at radius 3 is 2.70 bits per heavy atom. The first kappa shape index (κ1) is 16.2. The van der Waals surface area contributed by atoms with Gasteiger partial charge in [0.1, 0.15) is 11.5 Å². The summed E-state index contributed by atoms with van der Waals surface area (Å²) in [5.41, 5.74) is 3.19. The normalized spacial score (nSPS) is 15.7. The van der Waals surface area contributed by atoms with Gasteiger partial charge in [-0.3, -0.25) is 9.55 Å². The molecule has 0 amide bonds. The summed E-state index contributed by atoms with van der Waals surface area (Å²) in [6.07, 6.45) is 6.53. The second kappa shape index (κ2) is 6.31. The Morgan fingerprint density at radius 2 is 1.89 bits per heavy atom. The molecule has 8 heteroatoms. The van der Waals surface area contributed by atoms with Crippen molar-refractivity contribution in [2.24, 2.45) is 5.92 Å². The van der Waals surface area contributed by atoms with Gasteiger partial charge < -0.3 is 9.72 Å². The number of nitrogens with one attached hydrogen (secondary N) is 2. The maximum Gasteiger partial charge on any atom is 0.327 e. The molecule has 0 unspecified atom stereocenters. The monoisotopic (exact) mass is 367 g/mol. The van der Waals surface area contributed by atoms with Crippen LogP contribution in [0.1, 0.15) is 12.8 Å². The molecule has 0 spiro atoms. The Labute approximate surface area is 153 Å². The van der Waals surface area contributed by atoms with E-state index in [-0.39, 0.29) is 11.5 Å². The van der Waals surface area contributed by atoms with Gasteiger partial charge in [-0.2, -0.15) is 0 Å². The summed E-state index contributed by atoms with van der Waals surface area (Å²) in [4.78, 5) is 26.7. The minimum Gasteiger partial charge on any atom is -0.381 e. The molecule has 0 atom stereocenters. The first-order chi connectivity index (χ1) is 13.2. The highest BCUT2D eigenvalue weighted by Crippen LogP contribution is 2.26. The number of aromatic amines is 2.